The van der Waals surface area contributed by atoms with Gasteiger partial charge in [0.25, 0.3) is 0 Å². The molecular weight excluding hydrogens is 412 g/mol. The number of carbonyl (C=O) groups is 3. The van der Waals surface area contributed by atoms with Crippen molar-refractivity contribution in [2.24, 2.45) is 0 Å². The lowest BCUT2D eigenvalue weighted by Gasteiger charge is -2.28. The topological polar surface area (TPSA) is 91.4 Å². The number of rotatable bonds is 8. The third kappa shape index (κ3) is 5.70. The molecular formula is C23H30N4O3S. The third-order valence-electron chi connectivity index (χ3n) is 5.52. The minimum Gasteiger partial charge on any atom is -0.350 e. The summed E-state index contributed by atoms with van der Waals surface area (Å²) in [5.41, 5.74) is 4.96. The Balaban J connectivity index is 1.59. The normalized spacial score (nSPS) is 16.7. The molecule has 2 aromatic rings. The average molecular weight is 443 g/mol. The number of hydrogen-bond acceptors (Lipinski definition) is 5. The highest BCUT2D eigenvalue weighted by atomic mass is 32.1. The number of amides is 3. The Morgan fingerprint density at radius 3 is 2.61 bits per heavy atom. The Labute approximate surface area is 187 Å². The summed E-state index contributed by atoms with van der Waals surface area (Å²) in [5, 5.41) is 5.70. The maximum absolute atomic E-state index is 13.0. The van der Waals surface area contributed by atoms with Crippen molar-refractivity contribution >= 4 is 29.1 Å². The monoisotopic (exact) mass is 442 g/mol. The molecule has 166 valence electrons. The highest BCUT2D eigenvalue weighted by Gasteiger charge is 2.37. The van der Waals surface area contributed by atoms with Crippen LogP contribution in [0, 0.1) is 6.92 Å². The largest absolute Gasteiger partial charge is 0.350 e. The summed E-state index contributed by atoms with van der Waals surface area (Å²) in [6.45, 7) is 6.32. The van der Waals surface area contributed by atoms with E-state index in [1.165, 1.54) is 6.92 Å². The van der Waals surface area contributed by atoms with Crippen LogP contribution in [0.25, 0.3) is 10.4 Å². The molecule has 0 spiro atoms. The second kappa shape index (κ2) is 10.5. The molecule has 1 aliphatic heterocycles. The molecule has 1 aromatic heterocycles. The molecule has 0 bridgehead atoms. The van der Waals surface area contributed by atoms with Gasteiger partial charge in [-0.2, -0.15) is 0 Å². The Kier molecular flexibility index (Phi) is 7.79. The predicted octanol–water partition coefficient (Wildman–Crippen LogP) is 3.03. The molecule has 0 saturated carbocycles. The van der Waals surface area contributed by atoms with Gasteiger partial charge in [0.15, 0.2) is 0 Å². The number of aromatic nitrogens is 1. The molecule has 1 unspecified atom stereocenters. The second-order valence-electron chi connectivity index (χ2n) is 7.91. The maximum atomic E-state index is 13.0. The van der Waals surface area contributed by atoms with Gasteiger partial charge < -0.3 is 15.5 Å². The smallest absolute Gasteiger partial charge is 0.245 e. The van der Waals surface area contributed by atoms with Gasteiger partial charge in [0.2, 0.25) is 17.7 Å². The fourth-order valence-corrected chi connectivity index (χ4v) is 4.77. The van der Waals surface area contributed by atoms with Gasteiger partial charge in [-0.15, -0.1) is 11.3 Å². The fourth-order valence-electron chi connectivity index (χ4n) is 3.95. The average Bonchev–Trinajstić information content (AvgIpc) is 3.40. The number of likely N-dealkylation sites (tertiary alicyclic amines) is 1. The van der Waals surface area contributed by atoms with E-state index in [9.17, 15) is 14.4 Å². The van der Waals surface area contributed by atoms with Crippen LogP contribution in [0.4, 0.5) is 0 Å². The van der Waals surface area contributed by atoms with E-state index in [1.54, 1.807) is 16.2 Å². The summed E-state index contributed by atoms with van der Waals surface area (Å²) in [6, 6.07) is 7.02. The summed E-state index contributed by atoms with van der Waals surface area (Å²) >= 11 is 1.61. The van der Waals surface area contributed by atoms with E-state index in [0.29, 0.717) is 25.9 Å². The molecule has 0 aliphatic carbocycles. The van der Waals surface area contributed by atoms with Crippen LogP contribution in [-0.4, -0.2) is 46.2 Å². The third-order valence-corrected chi connectivity index (χ3v) is 6.50. The van der Waals surface area contributed by atoms with Gasteiger partial charge in [-0.1, -0.05) is 37.6 Å². The number of aryl methyl sites for hydroxylation is 1. The molecule has 1 fully saturated rings. The van der Waals surface area contributed by atoms with E-state index in [0.717, 1.165) is 34.5 Å². The summed E-state index contributed by atoms with van der Waals surface area (Å²) < 4.78 is 0. The van der Waals surface area contributed by atoms with E-state index in [2.05, 4.69) is 15.6 Å². The first-order valence-corrected chi connectivity index (χ1v) is 11.6. The first-order valence-electron chi connectivity index (χ1n) is 10.8. The minimum absolute atomic E-state index is 0.147. The second-order valence-corrected chi connectivity index (χ2v) is 8.77. The Bertz CT molecular complexity index is 925. The van der Waals surface area contributed by atoms with Crippen LogP contribution in [0.5, 0.6) is 0 Å². The Hall–Kier alpha value is -2.74. The summed E-state index contributed by atoms with van der Waals surface area (Å²) in [6.07, 6.45) is 2.76. The van der Waals surface area contributed by atoms with E-state index < -0.39 is 12.1 Å². The summed E-state index contributed by atoms with van der Waals surface area (Å²) in [4.78, 5) is 44.3. The van der Waals surface area contributed by atoms with Gasteiger partial charge in [-0.3, -0.25) is 14.4 Å². The molecule has 3 amide bonds. The van der Waals surface area contributed by atoms with Gasteiger partial charge in [0.05, 0.1) is 16.1 Å². The van der Waals surface area contributed by atoms with Crippen molar-refractivity contribution in [1.82, 2.24) is 20.5 Å². The van der Waals surface area contributed by atoms with Crippen LogP contribution in [0.3, 0.4) is 0 Å². The van der Waals surface area contributed by atoms with Crippen molar-refractivity contribution in [3.8, 4) is 10.4 Å². The van der Waals surface area contributed by atoms with E-state index in [1.807, 2.05) is 43.6 Å². The van der Waals surface area contributed by atoms with E-state index in [-0.39, 0.29) is 17.7 Å². The van der Waals surface area contributed by atoms with Crippen LogP contribution in [-0.2, 0) is 20.9 Å². The number of hydrogen-bond donors (Lipinski definition) is 2. The molecule has 2 N–H and O–H groups in total. The molecule has 2 heterocycles. The van der Waals surface area contributed by atoms with Crippen molar-refractivity contribution in [3.63, 3.8) is 0 Å². The van der Waals surface area contributed by atoms with Gasteiger partial charge in [-0.05, 0) is 37.3 Å². The molecule has 1 aliphatic rings. The van der Waals surface area contributed by atoms with Gasteiger partial charge in [-0.25, -0.2) is 4.98 Å². The number of carbonyl (C=O) groups excluding carboxylic acids is 3. The van der Waals surface area contributed by atoms with Crippen LogP contribution in [0.15, 0.2) is 29.8 Å². The summed E-state index contributed by atoms with van der Waals surface area (Å²) in [5.74, 6) is -0.547. The highest BCUT2D eigenvalue weighted by Crippen LogP contribution is 2.27. The predicted molar refractivity (Wildman–Crippen MR) is 121 cm³/mol. The van der Waals surface area contributed by atoms with Gasteiger partial charge in [0.1, 0.15) is 12.1 Å². The highest BCUT2D eigenvalue weighted by molar-refractivity contribution is 7.13. The lowest BCUT2D eigenvalue weighted by molar-refractivity contribution is -0.141. The Morgan fingerprint density at radius 2 is 2.00 bits per heavy atom. The van der Waals surface area contributed by atoms with Crippen molar-refractivity contribution in [3.05, 3.63) is 41.0 Å². The quantitative estimate of drug-likeness (QED) is 0.657. The number of thiazole rings is 1. The zero-order valence-corrected chi connectivity index (χ0v) is 19.1. The molecule has 8 heteroatoms. The van der Waals surface area contributed by atoms with Crippen molar-refractivity contribution in [2.75, 3.05) is 6.54 Å². The SMILES string of the molecule is CCC[C@H](NC(C)=O)C(=O)N1CCCC1C(=O)NCc1ccc(-c2scnc2C)cc1. The molecule has 1 saturated heterocycles. The Morgan fingerprint density at radius 1 is 1.26 bits per heavy atom. The fraction of sp³-hybridized carbons (Fsp3) is 0.478. The lowest BCUT2D eigenvalue weighted by atomic mass is 10.1. The van der Waals surface area contributed by atoms with Crippen LogP contribution in [0.1, 0.15) is 50.8 Å². The minimum atomic E-state index is -0.571. The summed E-state index contributed by atoms with van der Waals surface area (Å²) in [7, 11) is 0. The number of nitrogens with zero attached hydrogens (tertiary/aromatic N) is 2. The molecule has 31 heavy (non-hydrogen) atoms. The number of benzene rings is 1. The van der Waals surface area contributed by atoms with E-state index >= 15 is 0 Å². The van der Waals surface area contributed by atoms with Crippen LogP contribution < -0.4 is 10.6 Å². The molecule has 1 aromatic carbocycles. The van der Waals surface area contributed by atoms with Gasteiger partial charge >= 0.3 is 0 Å². The van der Waals surface area contributed by atoms with Crippen LogP contribution >= 0.6 is 11.3 Å². The molecule has 3 rings (SSSR count). The van der Waals surface area contributed by atoms with Crippen molar-refractivity contribution in [1.29, 1.82) is 0 Å². The van der Waals surface area contributed by atoms with E-state index in [4.69, 9.17) is 0 Å². The zero-order valence-electron chi connectivity index (χ0n) is 18.3. The van der Waals surface area contributed by atoms with Crippen LogP contribution in [0.2, 0.25) is 0 Å². The van der Waals surface area contributed by atoms with Crippen molar-refractivity contribution in [2.45, 2.75) is 65.1 Å². The first-order chi connectivity index (χ1) is 14.9. The molecule has 2 atom stereocenters. The molecule has 7 nitrogen and oxygen atoms in total. The first kappa shape index (κ1) is 22.9. The number of nitrogens with one attached hydrogen (secondary N) is 2. The molecule has 0 radical (unpaired) electrons. The maximum Gasteiger partial charge on any atom is 0.245 e. The zero-order chi connectivity index (χ0) is 22.4. The standard InChI is InChI=1S/C23H30N4O3S/c1-4-6-19(26-16(3)28)23(30)27-12-5-7-20(27)22(29)24-13-17-8-10-18(11-9-17)21-15(2)25-14-31-21/h8-11,14,19-20H,4-7,12-13H2,1-3H3,(H,24,29)(H,26,28)/t19-,20?/m0/s1. The lowest BCUT2D eigenvalue weighted by Crippen LogP contribution is -2.53. The van der Waals surface area contributed by atoms with Crippen molar-refractivity contribution < 1.29 is 14.4 Å². The van der Waals surface area contributed by atoms with Gasteiger partial charge in [0, 0.05) is 20.0 Å².